The van der Waals surface area contributed by atoms with Gasteiger partial charge in [0, 0.05) is 23.4 Å². The molecule has 0 unspecified atom stereocenters. The molecule has 3 aromatic rings. The summed E-state index contributed by atoms with van der Waals surface area (Å²) < 4.78 is 53.2. The molecule has 170 valence electrons. The summed E-state index contributed by atoms with van der Waals surface area (Å²) in [5, 5.41) is 16.3. The van der Waals surface area contributed by atoms with Gasteiger partial charge >= 0.3 is 0 Å². The molecule has 1 aromatic heterocycles. The number of halogens is 3. The van der Waals surface area contributed by atoms with Crippen molar-refractivity contribution in [3.63, 3.8) is 0 Å². The first-order valence-electron chi connectivity index (χ1n) is 9.73. The van der Waals surface area contributed by atoms with Gasteiger partial charge in [-0.2, -0.15) is 0 Å². The summed E-state index contributed by atoms with van der Waals surface area (Å²) in [4.78, 5) is 3.97. The maximum absolute atomic E-state index is 14.4. The molecule has 0 atom stereocenters. The van der Waals surface area contributed by atoms with Gasteiger partial charge in [-0.3, -0.25) is 20.4 Å². The van der Waals surface area contributed by atoms with Crippen LogP contribution in [-0.2, 0) is 4.74 Å². The molecule has 0 aliphatic rings. The van der Waals surface area contributed by atoms with Gasteiger partial charge in [-0.05, 0) is 55.6 Å². The first-order valence-corrected chi connectivity index (χ1v) is 9.73. The zero-order chi connectivity index (χ0) is 24.1. The van der Waals surface area contributed by atoms with Gasteiger partial charge in [0.15, 0.2) is 22.9 Å². The molecule has 0 amide bonds. The molecule has 1 heterocycles. The quantitative estimate of drug-likeness (QED) is 0.289. The lowest BCUT2D eigenvalue weighted by atomic mass is 10.1. The lowest BCUT2D eigenvalue weighted by Crippen LogP contribution is -2.31. The van der Waals surface area contributed by atoms with E-state index in [1.807, 2.05) is 0 Å². The van der Waals surface area contributed by atoms with Crippen LogP contribution in [0.15, 0.2) is 59.7 Å². The summed E-state index contributed by atoms with van der Waals surface area (Å²) in [6.07, 6.45) is 2.97. The van der Waals surface area contributed by atoms with E-state index < -0.39 is 22.9 Å². The van der Waals surface area contributed by atoms with Gasteiger partial charge < -0.3 is 9.47 Å². The topological polar surface area (TPSA) is 83.5 Å². The van der Waals surface area contributed by atoms with Crippen molar-refractivity contribution in [1.29, 1.82) is 10.8 Å². The van der Waals surface area contributed by atoms with E-state index in [9.17, 15) is 13.2 Å². The molecule has 2 aromatic carbocycles. The van der Waals surface area contributed by atoms with Gasteiger partial charge in [-0.25, -0.2) is 13.2 Å². The van der Waals surface area contributed by atoms with E-state index in [4.69, 9.17) is 20.3 Å². The van der Waals surface area contributed by atoms with Crippen molar-refractivity contribution >= 4 is 24.0 Å². The van der Waals surface area contributed by atoms with Crippen molar-refractivity contribution in [3.05, 3.63) is 83.2 Å². The first kappa shape index (κ1) is 23.5. The largest absolute Gasteiger partial charge is 0.497 e. The Morgan fingerprint density at radius 1 is 1.06 bits per heavy atom. The predicted molar refractivity (Wildman–Crippen MR) is 121 cm³/mol. The second kappa shape index (κ2) is 9.99. The van der Waals surface area contributed by atoms with E-state index in [0.717, 1.165) is 22.8 Å². The van der Waals surface area contributed by atoms with Crippen molar-refractivity contribution in [2.75, 3.05) is 13.7 Å². The smallest absolute Gasteiger partial charge is 0.167 e. The Bertz CT molecular complexity index is 1320. The van der Waals surface area contributed by atoms with Crippen LogP contribution in [-0.4, -0.2) is 30.8 Å². The second-order valence-electron chi connectivity index (χ2n) is 6.85. The van der Waals surface area contributed by atoms with Crippen LogP contribution < -0.4 is 10.2 Å². The van der Waals surface area contributed by atoms with Crippen molar-refractivity contribution in [1.82, 2.24) is 4.57 Å². The normalized spacial score (nSPS) is 11.2. The van der Waals surface area contributed by atoms with Crippen LogP contribution >= 0.6 is 0 Å². The SMILES string of the molecule is C=Nc1cc(OC)ccc1/C(=C\C)OCC(=N)n1cc(-c2ccc(F)c(F)c2)cc(F)c1=N. The van der Waals surface area contributed by atoms with Gasteiger partial charge in [0.05, 0.1) is 12.8 Å². The fourth-order valence-corrected chi connectivity index (χ4v) is 3.12. The molecule has 0 bridgehead atoms. The zero-order valence-electron chi connectivity index (χ0n) is 18.0. The summed E-state index contributed by atoms with van der Waals surface area (Å²) in [6, 6.07) is 9.28. The molecule has 6 nitrogen and oxygen atoms in total. The van der Waals surface area contributed by atoms with Gasteiger partial charge in [0.1, 0.15) is 24.0 Å². The molecular weight excluding hydrogens is 433 g/mol. The third-order valence-corrected chi connectivity index (χ3v) is 4.83. The van der Waals surface area contributed by atoms with Crippen LogP contribution in [0.3, 0.4) is 0 Å². The average Bonchev–Trinajstić information content (AvgIpc) is 2.82. The standard InChI is InChI=1S/C24H21F3N4O2/c1-4-22(17-7-6-16(32-3)11-21(17)30-2)33-13-23(28)31-12-15(10-20(27)24(31)29)14-5-8-18(25)19(26)9-14/h4-12,28-29H,2,13H2,1,3H3/b22-4+,28-23?,29-24?. The number of allylic oxidation sites excluding steroid dienone is 1. The van der Waals surface area contributed by atoms with E-state index in [2.05, 4.69) is 11.7 Å². The third-order valence-electron chi connectivity index (χ3n) is 4.83. The maximum atomic E-state index is 14.4. The predicted octanol–water partition coefficient (Wildman–Crippen LogP) is 5.30. The minimum Gasteiger partial charge on any atom is -0.497 e. The molecular formula is C24H21F3N4O2. The van der Waals surface area contributed by atoms with E-state index in [-0.39, 0.29) is 23.6 Å². The third kappa shape index (κ3) is 5.03. The highest BCUT2D eigenvalue weighted by Crippen LogP contribution is 2.31. The molecule has 2 N–H and O–H groups in total. The van der Waals surface area contributed by atoms with Crippen molar-refractivity contribution in [2.45, 2.75) is 6.92 Å². The average molecular weight is 454 g/mol. The van der Waals surface area contributed by atoms with E-state index in [1.165, 1.54) is 19.4 Å². The Morgan fingerprint density at radius 3 is 2.42 bits per heavy atom. The van der Waals surface area contributed by atoms with Gasteiger partial charge in [0.2, 0.25) is 0 Å². The van der Waals surface area contributed by atoms with E-state index >= 15 is 0 Å². The minimum atomic E-state index is -1.09. The fraction of sp³-hybridized carbons (Fsp3) is 0.125. The van der Waals surface area contributed by atoms with Crippen LogP contribution in [0.2, 0.25) is 0 Å². The Labute approximate surface area is 188 Å². The number of nitrogens with one attached hydrogen (secondary N) is 2. The number of hydrogen-bond acceptors (Lipinski definition) is 5. The number of hydrogen-bond donors (Lipinski definition) is 2. The summed E-state index contributed by atoms with van der Waals surface area (Å²) in [5.41, 5.74) is 0.916. The number of rotatable bonds is 7. The van der Waals surface area contributed by atoms with Gasteiger partial charge in [-0.1, -0.05) is 6.07 Å². The monoisotopic (exact) mass is 454 g/mol. The van der Waals surface area contributed by atoms with E-state index in [0.29, 0.717) is 22.8 Å². The molecule has 0 aliphatic carbocycles. The molecule has 33 heavy (non-hydrogen) atoms. The van der Waals surface area contributed by atoms with Crippen LogP contribution in [0, 0.1) is 28.3 Å². The maximum Gasteiger partial charge on any atom is 0.167 e. The molecule has 0 aliphatic heterocycles. The van der Waals surface area contributed by atoms with Gasteiger partial charge in [0.25, 0.3) is 0 Å². The summed E-state index contributed by atoms with van der Waals surface area (Å²) >= 11 is 0. The summed E-state index contributed by atoms with van der Waals surface area (Å²) in [5.74, 6) is -2.31. The molecule has 0 spiro atoms. The molecule has 3 rings (SSSR count). The Morgan fingerprint density at radius 2 is 1.79 bits per heavy atom. The number of pyridine rings is 1. The van der Waals surface area contributed by atoms with Crippen LogP contribution in [0.25, 0.3) is 16.9 Å². The highest BCUT2D eigenvalue weighted by atomic mass is 19.2. The summed E-state index contributed by atoms with van der Waals surface area (Å²) in [7, 11) is 1.53. The first-order chi connectivity index (χ1) is 15.8. The lowest BCUT2D eigenvalue weighted by Gasteiger charge is -2.16. The second-order valence-corrected chi connectivity index (χ2v) is 6.85. The molecule has 0 radical (unpaired) electrons. The Balaban J connectivity index is 1.88. The Kier molecular flexibility index (Phi) is 7.12. The van der Waals surface area contributed by atoms with Crippen LogP contribution in [0.1, 0.15) is 12.5 Å². The number of ether oxygens (including phenoxy) is 2. The Hall–Kier alpha value is -4.14. The van der Waals surface area contributed by atoms with Crippen LogP contribution in [0.4, 0.5) is 18.9 Å². The molecule has 0 fully saturated rings. The highest BCUT2D eigenvalue weighted by Gasteiger charge is 2.14. The van der Waals surface area contributed by atoms with E-state index in [1.54, 1.807) is 31.2 Å². The number of benzene rings is 2. The fourth-order valence-electron chi connectivity index (χ4n) is 3.12. The minimum absolute atomic E-state index is 0.173. The lowest BCUT2D eigenvalue weighted by molar-refractivity contribution is 0.327. The van der Waals surface area contributed by atoms with Crippen LogP contribution in [0.5, 0.6) is 5.75 Å². The summed E-state index contributed by atoms with van der Waals surface area (Å²) in [6.45, 7) is 4.98. The zero-order valence-corrected chi connectivity index (χ0v) is 18.0. The van der Waals surface area contributed by atoms with Crippen molar-refractivity contribution < 1.29 is 22.6 Å². The van der Waals surface area contributed by atoms with Gasteiger partial charge in [-0.15, -0.1) is 0 Å². The number of nitrogens with zero attached hydrogens (tertiary/aromatic N) is 2. The molecule has 0 saturated carbocycles. The van der Waals surface area contributed by atoms with Crippen molar-refractivity contribution in [2.24, 2.45) is 4.99 Å². The molecule has 0 saturated heterocycles. The highest BCUT2D eigenvalue weighted by molar-refractivity contribution is 5.84. The number of aromatic nitrogens is 1. The van der Waals surface area contributed by atoms with Crippen molar-refractivity contribution in [3.8, 4) is 16.9 Å². The number of methoxy groups -OCH3 is 1. The molecule has 9 heteroatoms. The number of aliphatic imine (C=N–C) groups is 1.